The molecule has 0 saturated heterocycles. The van der Waals surface area contributed by atoms with Gasteiger partial charge >= 0.3 is 5.69 Å². The first kappa shape index (κ1) is 12.2. The number of aromatic nitrogens is 2. The van der Waals surface area contributed by atoms with E-state index in [9.17, 15) is 9.90 Å². The quantitative estimate of drug-likeness (QED) is 0.673. The predicted octanol–water partition coefficient (Wildman–Crippen LogP) is 2.07. The van der Waals surface area contributed by atoms with E-state index in [2.05, 4.69) is 9.97 Å². The SMILES string of the molecule is O=c1[nH]c2ccc(C(O)C3COc4ccccc43)cc2[nH]1. The minimum atomic E-state index is -0.670. The third-order valence-electron chi connectivity index (χ3n) is 4.00. The van der Waals surface area contributed by atoms with Crippen LogP contribution in [0.15, 0.2) is 47.3 Å². The highest BCUT2D eigenvalue weighted by molar-refractivity contribution is 5.75. The Balaban J connectivity index is 1.73. The summed E-state index contributed by atoms with van der Waals surface area (Å²) >= 11 is 0. The summed E-state index contributed by atoms with van der Waals surface area (Å²) in [6.45, 7) is 0.461. The van der Waals surface area contributed by atoms with Gasteiger partial charge in [-0.25, -0.2) is 4.79 Å². The number of aliphatic hydroxyl groups is 1. The molecule has 0 spiro atoms. The molecule has 2 atom stereocenters. The van der Waals surface area contributed by atoms with Crippen molar-refractivity contribution in [1.82, 2.24) is 9.97 Å². The first-order chi connectivity index (χ1) is 10.2. The molecule has 3 aromatic rings. The van der Waals surface area contributed by atoms with Gasteiger partial charge in [0.05, 0.1) is 29.7 Å². The number of hydrogen-bond donors (Lipinski definition) is 3. The Hall–Kier alpha value is -2.53. The molecule has 1 aliphatic rings. The average Bonchev–Trinajstić information content (AvgIpc) is 3.07. The molecule has 0 saturated carbocycles. The molecule has 0 radical (unpaired) electrons. The van der Waals surface area contributed by atoms with Gasteiger partial charge in [0.15, 0.2) is 0 Å². The fraction of sp³-hybridized carbons (Fsp3) is 0.188. The lowest BCUT2D eigenvalue weighted by molar-refractivity contribution is 0.130. The van der Waals surface area contributed by atoms with Crippen molar-refractivity contribution in [3.63, 3.8) is 0 Å². The Bertz CT molecular complexity index is 865. The third-order valence-corrected chi connectivity index (χ3v) is 4.00. The van der Waals surface area contributed by atoms with E-state index in [1.807, 2.05) is 30.3 Å². The van der Waals surface area contributed by atoms with Crippen LogP contribution in [0, 0.1) is 0 Å². The minimum Gasteiger partial charge on any atom is -0.493 e. The lowest BCUT2D eigenvalue weighted by Crippen LogP contribution is -2.12. The van der Waals surface area contributed by atoms with Crippen LogP contribution in [-0.2, 0) is 0 Å². The first-order valence-electron chi connectivity index (χ1n) is 6.84. The van der Waals surface area contributed by atoms with E-state index in [-0.39, 0.29) is 11.6 Å². The molecule has 5 heteroatoms. The Labute approximate surface area is 120 Å². The molecule has 2 unspecified atom stereocenters. The Morgan fingerprint density at radius 3 is 2.86 bits per heavy atom. The van der Waals surface area contributed by atoms with E-state index in [4.69, 9.17) is 4.74 Å². The van der Waals surface area contributed by atoms with Gasteiger partial charge in [0, 0.05) is 5.56 Å². The number of benzene rings is 2. The van der Waals surface area contributed by atoms with Gasteiger partial charge in [-0.3, -0.25) is 0 Å². The summed E-state index contributed by atoms with van der Waals surface area (Å²) in [6, 6.07) is 13.2. The molecule has 0 bridgehead atoms. The van der Waals surface area contributed by atoms with Gasteiger partial charge in [-0.15, -0.1) is 0 Å². The number of aromatic amines is 2. The fourth-order valence-corrected chi connectivity index (χ4v) is 2.92. The summed E-state index contributed by atoms with van der Waals surface area (Å²) in [6.07, 6.45) is -0.670. The summed E-state index contributed by atoms with van der Waals surface area (Å²) < 4.78 is 5.62. The van der Waals surface area contributed by atoms with E-state index < -0.39 is 6.10 Å². The summed E-state index contributed by atoms with van der Waals surface area (Å²) in [5.74, 6) is 0.738. The highest BCUT2D eigenvalue weighted by atomic mass is 16.5. The second-order valence-electron chi connectivity index (χ2n) is 5.28. The second kappa shape index (κ2) is 4.49. The minimum absolute atomic E-state index is 0.0932. The number of para-hydroxylation sites is 1. The first-order valence-corrected chi connectivity index (χ1v) is 6.84. The van der Waals surface area contributed by atoms with Crippen LogP contribution in [-0.4, -0.2) is 21.7 Å². The number of fused-ring (bicyclic) bond motifs is 2. The van der Waals surface area contributed by atoms with E-state index in [1.54, 1.807) is 12.1 Å². The Kier molecular flexibility index (Phi) is 2.62. The van der Waals surface area contributed by atoms with Gasteiger partial charge in [-0.05, 0) is 23.8 Å². The van der Waals surface area contributed by atoms with Crippen LogP contribution in [0.5, 0.6) is 5.75 Å². The topological polar surface area (TPSA) is 78.1 Å². The molecule has 3 N–H and O–H groups in total. The van der Waals surface area contributed by atoms with Crippen LogP contribution >= 0.6 is 0 Å². The van der Waals surface area contributed by atoms with E-state index >= 15 is 0 Å². The molecule has 1 aromatic heterocycles. The highest BCUT2D eigenvalue weighted by Crippen LogP contribution is 2.41. The van der Waals surface area contributed by atoms with Crippen LogP contribution in [0.4, 0.5) is 0 Å². The van der Waals surface area contributed by atoms with Gasteiger partial charge in [-0.1, -0.05) is 24.3 Å². The van der Waals surface area contributed by atoms with Crippen molar-refractivity contribution in [1.29, 1.82) is 0 Å². The Morgan fingerprint density at radius 1 is 1.14 bits per heavy atom. The van der Waals surface area contributed by atoms with Crippen molar-refractivity contribution in [2.75, 3.05) is 6.61 Å². The zero-order valence-electron chi connectivity index (χ0n) is 11.2. The molecule has 0 fully saturated rings. The predicted molar refractivity (Wildman–Crippen MR) is 78.6 cm³/mol. The number of H-pyrrole nitrogens is 2. The Morgan fingerprint density at radius 2 is 1.95 bits per heavy atom. The van der Waals surface area contributed by atoms with Crippen LogP contribution in [0.25, 0.3) is 11.0 Å². The molecule has 21 heavy (non-hydrogen) atoms. The monoisotopic (exact) mass is 282 g/mol. The van der Waals surface area contributed by atoms with E-state index in [0.29, 0.717) is 12.1 Å². The molecule has 0 amide bonds. The second-order valence-corrected chi connectivity index (χ2v) is 5.28. The van der Waals surface area contributed by atoms with Gasteiger partial charge in [0.1, 0.15) is 5.75 Å². The number of ether oxygens (including phenoxy) is 1. The lowest BCUT2D eigenvalue weighted by Gasteiger charge is -2.17. The van der Waals surface area contributed by atoms with Crippen LogP contribution < -0.4 is 10.4 Å². The number of rotatable bonds is 2. The number of aliphatic hydroxyl groups excluding tert-OH is 1. The summed E-state index contributed by atoms with van der Waals surface area (Å²) in [7, 11) is 0. The van der Waals surface area contributed by atoms with Crippen molar-refractivity contribution in [3.8, 4) is 5.75 Å². The summed E-state index contributed by atoms with van der Waals surface area (Å²) in [4.78, 5) is 16.7. The lowest BCUT2D eigenvalue weighted by atomic mass is 9.91. The molecule has 106 valence electrons. The van der Waals surface area contributed by atoms with Gasteiger partial charge in [0.2, 0.25) is 0 Å². The largest absolute Gasteiger partial charge is 0.493 e. The number of nitrogens with one attached hydrogen (secondary N) is 2. The van der Waals surface area contributed by atoms with Crippen molar-refractivity contribution < 1.29 is 9.84 Å². The van der Waals surface area contributed by atoms with Gasteiger partial charge < -0.3 is 19.8 Å². The van der Waals surface area contributed by atoms with Crippen molar-refractivity contribution >= 4 is 11.0 Å². The van der Waals surface area contributed by atoms with Crippen molar-refractivity contribution in [3.05, 3.63) is 64.1 Å². The maximum absolute atomic E-state index is 11.3. The molecule has 1 aliphatic heterocycles. The smallest absolute Gasteiger partial charge is 0.323 e. The maximum Gasteiger partial charge on any atom is 0.323 e. The van der Waals surface area contributed by atoms with Crippen LogP contribution in [0.3, 0.4) is 0 Å². The summed E-state index contributed by atoms with van der Waals surface area (Å²) in [5.41, 5.74) is 2.98. The maximum atomic E-state index is 11.3. The standard InChI is InChI=1S/C16H14N2O3/c19-15(11-8-21-14-4-2-1-3-10(11)14)9-5-6-12-13(7-9)18-16(20)17-12/h1-7,11,15,19H,8H2,(H2,17,18,20). The molecule has 4 rings (SSSR count). The van der Waals surface area contributed by atoms with Gasteiger partial charge in [0.25, 0.3) is 0 Å². The van der Waals surface area contributed by atoms with Crippen LogP contribution in [0.2, 0.25) is 0 Å². The third kappa shape index (κ3) is 1.94. The van der Waals surface area contributed by atoms with Crippen LogP contribution in [0.1, 0.15) is 23.1 Å². The molecule has 2 aromatic carbocycles. The number of hydrogen-bond acceptors (Lipinski definition) is 3. The normalized spacial score (nSPS) is 18.4. The zero-order chi connectivity index (χ0) is 14.4. The highest BCUT2D eigenvalue weighted by Gasteiger charge is 2.31. The van der Waals surface area contributed by atoms with Crippen molar-refractivity contribution in [2.45, 2.75) is 12.0 Å². The molecule has 2 heterocycles. The average molecular weight is 282 g/mol. The molecule has 5 nitrogen and oxygen atoms in total. The molecule has 0 aliphatic carbocycles. The summed E-state index contributed by atoms with van der Waals surface area (Å²) in [5, 5.41) is 10.7. The number of imidazole rings is 1. The molecular formula is C16H14N2O3. The van der Waals surface area contributed by atoms with E-state index in [1.165, 1.54) is 0 Å². The van der Waals surface area contributed by atoms with Crippen molar-refractivity contribution in [2.24, 2.45) is 0 Å². The van der Waals surface area contributed by atoms with E-state index in [0.717, 1.165) is 22.4 Å². The molecular weight excluding hydrogens is 268 g/mol. The fourth-order valence-electron chi connectivity index (χ4n) is 2.92. The zero-order valence-corrected chi connectivity index (χ0v) is 11.2. The van der Waals surface area contributed by atoms with Gasteiger partial charge in [-0.2, -0.15) is 0 Å².